The summed E-state index contributed by atoms with van der Waals surface area (Å²) in [5.41, 5.74) is 0. The molecule has 0 fully saturated rings. The van der Waals surface area contributed by atoms with Gasteiger partial charge in [-0.2, -0.15) is 0 Å². The molecule has 0 N–H and O–H groups in total. The quantitative estimate of drug-likeness (QED) is 0.311. The summed E-state index contributed by atoms with van der Waals surface area (Å²) >= 11 is 0. The van der Waals surface area contributed by atoms with E-state index in [4.69, 9.17) is 0 Å². The van der Waals surface area contributed by atoms with Gasteiger partial charge in [0, 0.05) is 0 Å². The Labute approximate surface area is 97.6 Å². The van der Waals surface area contributed by atoms with Gasteiger partial charge < -0.3 is 2.85 Å². The van der Waals surface area contributed by atoms with Crippen LogP contribution in [0.5, 0.6) is 0 Å². The standard InChI is InChI=1S/3ClH.2Na.2H/h3*1H;;;;/q;;;2*+1;2*-1. The second kappa shape index (κ2) is 28.7. The first kappa shape index (κ1) is 45.1. The molecule has 0 heterocycles. The topological polar surface area (TPSA) is 0 Å². The van der Waals surface area contributed by atoms with E-state index in [2.05, 4.69) is 0 Å². The predicted octanol–water partition coefficient (Wildman–Crippen LogP) is -4.50. The van der Waals surface area contributed by atoms with Crippen LogP contribution in [0.4, 0.5) is 0 Å². The van der Waals surface area contributed by atoms with Crippen molar-refractivity contribution in [1.29, 1.82) is 0 Å². The molecule has 0 amide bonds. The maximum absolute atomic E-state index is 0. The molecule has 0 aliphatic heterocycles. The van der Waals surface area contributed by atoms with Crippen molar-refractivity contribution in [1.82, 2.24) is 0 Å². The number of hydrogen-bond donors (Lipinski definition) is 0. The van der Waals surface area contributed by atoms with Gasteiger partial charge in [-0.25, -0.2) is 0 Å². The van der Waals surface area contributed by atoms with Crippen molar-refractivity contribution in [3.05, 3.63) is 0 Å². The molecule has 0 saturated carbocycles. The van der Waals surface area contributed by atoms with Gasteiger partial charge >= 0.3 is 59.1 Å². The number of hydrogen-bond acceptors (Lipinski definition) is 0. The van der Waals surface area contributed by atoms with E-state index in [9.17, 15) is 0 Å². The van der Waals surface area contributed by atoms with Crippen molar-refractivity contribution < 1.29 is 62.0 Å². The van der Waals surface area contributed by atoms with Crippen molar-refractivity contribution in [3.63, 3.8) is 0 Å². The molecule has 5 heavy (non-hydrogen) atoms. The molecule has 28 valence electrons. The third-order valence-corrected chi connectivity index (χ3v) is 0. The van der Waals surface area contributed by atoms with E-state index in [-0.39, 0.29) is 99.2 Å². The number of rotatable bonds is 0. The van der Waals surface area contributed by atoms with Crippen LogP contribution >= 0.6 is 37.2 Å². The number of halogens is 3. The van der Waals surface area contributed by atoms with Crippen LogP contribution in [0, 0.1) is 0 Å². The second-order valence-corrected chi connectivity index (χ2v) is 0. The van der Waals surface area contributed by atoms with Crippen LogP contribution in [0.25, 0.3) is 0 Å². The Bertz CT molecular complexity index is 10.9. The normalized spacial score (nSPS) is 0. The van der Waals surface area contributed by atoms with Gasteiger partial charge in [-0.3, -0.25) is 0 Å². The molecule has 5 heteroatoms. The van der Waals surface area contributed by atoms with Crippen molar-refractivity contribution in [2.45, 2.75) is 0 Å². The molecule has 0 aromatic carbocycles. The smallest absolute Gasteiger partial charge is 1.00 e. The Kier molecular flexibility index (Phi) is 259. The monoisotopic (exact) mass is 156 g/mol. The predicted molar refractivity (Wildman–Crippen MR) is 24.0 cm³/mol. The van der Waals surface area contributed by atoms with Crippen molar-refractivity contribution in [3.8, 4) is 0 Å². The molecule has 0 radical (unpaired) electrons. The minimum absolute atomic E-state index is 0. The van der Waals surface area contributed by atoms with Crippen LogP contribution in [0.2, 0.25) is 0 Å². The summed E-state index contributed by atoms with van der Waals surface area (Å²) < 4.78 is 0. The first-order chi connectivity index (χ1) is 0. The van der Waals surface area contributed by atoms with E-state index in [0.717, 1.165) is 0 Å². The van der Waals surface area contributed by atoms with Crippen LogP contribution < -0.4 is 59.1 Å². The fraction of sp³-hybridized carbons (Fsp3) is 0. The molecular formula is H5Cl3Na2. The summed E-state index contributed by atoms with van der Waals surface area (Å²) in [6, 6.07) is 0. The SMILES string of the molecule is Cl.Cl.Cl.[H-].[H-].[Na+].[Na+]. The van der Waals surface area contributed by atoms with Gasteiger partial charge in [0.05, 0.1) is 0 Å². The summed E-state index contributed by atoms with van der Waals surface area (Å²) in [4.78, 5) is 0. The fourth-order valence-electron chi connectivity index (χ4n) is 0. The van der Waals surface area contributed by atoms with E-state index in [0.29, 0.717) is 0 Å². The van der Waals surface area contributed by atoms with Gasteiger partial charge in [0.1, 0.15) is 0 Å². The maximum Gasteiger partial charge on any atom is 1.00 e. The molecule has 0 aromatic heterocycles. The first-order valence-electron chi connectivity index (χ1n) is 0. The van der Waals surface area contributed by atoms with Gasteiger partial charge in [-0.05, 0) is 0 Å². The van der Waals surface area contributed by atoms with Crippen molar-refractivity contribution in [2.75, 3.05) is 0 Å². The van der Waals surface area contributed by atoms with Crippen LogP contribution in [0.15, 0.2) is 0 Å². The Hall–Kier alpha value is 2.87. The van der Waals surface area contributed by atoms with E-state index < -0.39 is 0 Å². The molecule has 0 atom stereocenters. The molecule has 0 saturated heterocycles. The van der Waals surface area contributed by atoms with Crippen LogP contribution in [-0.4, -0.2) is 0 Å². The zero-order valence-corrected chi connectivity index (χ0v) is 9.67. The van der Waals surface area contributed by atoms with Gasteiger partial charge in [-0.1, -0.05) is 0 Å². The molecule has 0 bridgehead atoms. The molecule has 0 nitrogen and oxygen atoms in total. The first-order valence-corrected chi connectivity index (χ1v) is 0. The molecule has 0 aliphatic rings. The van der Waals surface area contributed by atoms with Crippen LogP contribution in [0.3, 0.4) is 0 Å². The minimum atomic E-state index is 0. The Morgan fingerprint density at radius 2 is 0.600 bits per heavy atom. The Morgan fingerprint density at radius 3 is 0.600 bits per heavy atom. The maximum atomic E-state index is 0. The zero-order valence-electron chi connectivity index (χ0n) is 5.22. The van der Waals surface area contributed by atoms with Crippen LogP contribution in [0.1, 0.15) is 2.85 Å². The van der Waals surface area contributed by atoms with E-state index in [1.807, 2.05) is 0 Å². The summed E-state index contributed by atoms with van der Waals surface area (Å²) in [5, 5.41) is 0. The largest absolute Gasteiger partial charge is 1.00 e. The van der Waals surface area contributed by atoms with E-state index in [1.165, 1.54) is 0 Å². The van der Waals surface area contributed by atoms with Crippen LogP contribution in [-0.2, 0) is 0 Å². The molecule has 0 aliphatic carbocycles. The molecular weight excluding hydrogens is 152 g/mol. The minimum Gasteiger partial charge on any atom is -1.00 e. The Balaban J connectivity index is 0. The van der Waals surface area contributed by atoms with E-state index >= 15 is 0 Å². The second-order valence-electron chi connectivity index (χ2n) is 0. The zero-order chi connectivity index (χ0) is 0. The summed E-state index contributed by atoms with van der Waals surface area (Å²) in [7, 11) is 0. The van der Waals surface area contributed by atoms with E-state index in [1.54, 1.807) is 0 Å². The molecule has 0 rings (SSSR count). The van der Waals surface area contributed by atoms with Crippen molar-refractivity contribution in [2.24, 2.45) is 0 Å². The fourth-order valence-corrected chi connectivity index (χ4v) is 0. The summed E-state index contributed by atoms with van der Waals surface area (Å²) in [5.74, 6) is 0. The summed E-state index contributed by atoms with van der Waals surface area (Å²) in [6.45, 7) is 0. The molecule has 0 unspecified atom stereocenters. The third kappa shape index (κ3) is 19.8. The summed E-state index contributed by atoms with van der Waals surface area (Å²) in [6.07, 6.45) is 0. The Morgan fingerprint density at radius 1 is 0.600 bits per heavy atom. The van der Waals surface area contributed by atoms with Gasteiger partial charge in [0.25, 0.3) is 0 Å². The average molecular weight is 157 g/mol. The van der Waals surface area contributed by atoms with Gasteiger partial charge in [0.15, 0.2) is 0 Å². The molecule has 0 spiro atoms. The van der Waals surface area contributed by atoms with Gasteiger partial charge in [-0.15, -0.1) is 37.2 Å². The third-order valence-electron chi connectivity index (χ3n) is 0. The molecule has 0 aromatic rings. The van der Waals surface area contributed by atoms with Crippen molar-refractivity contribution >= 4 is 37.2 Å². The van der Waals surface area contributed by atoms with Gasteiger partial charge in [0.2, 0.25) is 0 Å². The average Bonchev–Trinajstić information content (AvgIpc) is 0.